The van der Waals surface area contributed by atoms with Gasteiger partial charge < -0.3 is 4.74 Å². The zero-order valence-corrected chi connectivity index (χ0v) is 22.2. The number of ether oxygens (including phenoxy) is 1. The highest BCUT2D eigenvalue weighted by Gasteiger charge is 2.42. The number of rotatable bonds is 7. The molecule has 0 N–H and O–H groups in total. The average molecular weight is 538 g/mol. The van der Waals surface area contributed by atoms with Crippen molar-refractivity contribution in [1.29, 1.82) is 0 Å². The largest absolute Gasteiger partial charge is 0.434 e. The number of para-hydroxylation sites is 1. The van der Waals surface area contributed by atoms with Gasteiger partial charge in [-0.2, -0.15) is 5.10 Å². The standard InChI is InChI=1S/C32H28ClN3O3/c33-24-17-15-22(16-18-24)19-20-35-30(37)26-13-7-8-14-27(26)31(35)39-32(38)28-21-36(25-11-5-2-6-12-25)34-29(28)23-9-3-1-4-10-23/h1-6,9-12,15-18,21,31H,7-8,13-14,19-20H2/t31-/m0/s1. The summed E-state index contributed by atoms with van der Waals surface area (Å²) >= 11 is 6.05. The van der Waals surface area contributed by atoms with Crippen LogP contribution in [0.2, 0.25) is 5.02 Å². The van der Waals surface area contributed by atoms with E-state index in [4.69, 9.17) is 21.4 Å². The fourth-order valence-electron chi connectivity index (χ4n) is 5.38. The number of benzene rings is 3. The normalized spacial score (nSPS) is 16.9. The van der Waals surface area contributed by atoms with Crippen molar-refractivity contribution in [2.24, 2.45) is 0 Å². The second-order valence-electron chi connectivity index (χ2n) is 9.88. The molecule has 2 aliphatic rings. The summed E-state index contributed by atoms with van der Waals surface area (Å²) in [6, 6.07) is 26.9. The van der Waals surface area contributed by atoms with Crippen molar-refractivity contribution in [2.45, 2.75) is 38.3 Å². The van der Waals surface area contributed by atoms with Crippen LogP contribution in [0.25, 0.3) is 16.9 Å². The Hall–Kier alpha value is -4.16. The van der Waals surface area contributed by atoms with Crippen LogP contribution in [0.4, 0.5) is 0 Å². The van der Waals surface area contributed by atoms with E-state index in [9.17, 15) is 9.59 Å². The maximum absolute atomic E-state index is 13.8. The average Bonchev–Trinajstić information content (AvgIpc) is 3.54. The fraction of sp³-hybridized carbons (Fsp3) is 0.219. The molecule has 1 amide bonds. The minimum absolute atomic E-state index is 0.0280. The van der Waals surface area contributed by atoms with Crippen LogP contribution in [0.5, 0.6) is 0 Å². The zero-order chi connectivity index (χ0) is 26.8. The topological polar surface area (TPSA) is 64.4 Å². The van der Waals surface area contributed by atoms with Crippen LogP contribution in [-0.4, -0.2) is 39.3 Å². The Morgan fingerprint density at radius 2 is 1.62 bits per heavy atom. The van der Waals surface area contributed by atoms with Crippen molar-refractivity contribution in [1.82, 2.24) is 14.7 Å². The van der Waals surface area contributed by atoms with E-state index in [1.807, 2.05) is 84.9 Å². The number of carbonyl (C=O) groups excluding carboxylic acids is 2. The molecular formula is C32H28ClN3O3. The zero-order valence-electron chi connectivity index (χ0n) is 21.4. The lowest BCUT2D eigenvalue weighted by Gasteiger charge is -2.27. The Morgan fingerprint density at radius 1 is 0.923 bits per heavy atom. The van der Waals surface area contributed by atoms with Crippen molar-refractivity contribution < 1.29 is 14.3 Å². The highest BCUT2D eigenvalue weighted by atomic mass is 35.5. The fourth-order valence-corrected chi connectivity index (χ4v) is 5.50. The van der Waals surface area contributed by atoms with Gasteiger partial charge in [0, 0.05) is 28.9 Å². The van der Waals surface area contributed by atoms with Gasteiger partial charge in [0.1, 0.15) is 11.3 Å². The summed E-state index contributed by atoms with van der Waals surface area (Å²) in [6.07, 6.45) is 5.07. The van der Waals surface area contributed by atoms with Gasteiger partial charge in [0.2, 0.25) is 6.23 Å². The SMILES string of the molecule is O=C(O[C@H]1C2=C(CCCC2)C(=O)N1CCc1ccc(Cl)cc1)c1cn(-c2ccccc2)nc1-c1ccccc1. The Kier molecular flexibility index (Phi) is 7.03. The van der Waals surface area contributed by atoms with Crippen molar-refractivity contribution in [3.05, 3.63) is 118 Å². The molecule has 6 rings (SSSR count). The summed E-state index contributed by atoms with van der Waals surface area (Å²) in [5.41, 5.74) is 5.37. The molecule has 0 saturated carbocycles. The van der Waals surface area contributed by atoms with Crippen molar-refractivity contribution in [2.75, 3.05) is 6.54 Å². The molecule has 0 spiro atoms. The summed E-state index contributed by atoms with van der Waals surface area (Å²) in [4.78, 5) is 29.0. The predicted molar refractivity (Wildman–Crippen MR) is 151 cm³/mol. The lowest BCUT2D eigenvalue weighted by Crippen LogP contribution is -2.40. The molecule has 3 aromatic carbocycles. The lowest BCUT2D eigenvalue weighted by atomic mass is 9.93. The summed E-state index contributed by atoms with van der Waals surface area (Å²) in [5.74, 6) is -0.524. The predicted octanol–water partition coefficient (Wildman–Crippen LogP) is 6.63. The van der Waals surface area contributed by atoms with E-state index in [0.29, 0.717) is 29.2 Å². The van der Waals surface area contributed by atoms with Gasteiger partial charge in [-0.05, 0) is 67.5 Å². The Morgan fingerprint density at radius 3 is 2.36 bits per heavy atom. The number of nitrogens with zero attached hydrogens (tertiary/aromatic N) is 3. The first-order valence-electron chi connectivity index (χ1n) is 13.3. The van der Waals surface area contributed by atoms with Gasteiger partial charge >= 0.3 is 5.97 Å². The number of hydrogen-bond donors (Lipinski definition) is 0. The first-order chi connectivity index (χ1) is 19.1. The third kappa shape index (κ3) is 5.12. The molecule has 1 aliphatic heterocycles. The van der Waals surface area contributed by atoms with Crippen LogP contribution in [0.1, 0.15) is 41.6 Å². The second-order valence-corrected chi connectivity index (χ2v) is 10.3. The van der Waals surface area contributed by atoms with E-state index in [-0.39, 0.29) is 5.91 Å². The van der Waals surface area contributed by atoms with Gasteiger partial charge in [0.15, 0.2) is 0 Å². The molecule has 0 bridgehead atoms. The molecule has 1 atom stereocenters. The molecule has 39 heavy (non-hydrogen) atoms. The minimum atomic E-state index is -0.712. The van der Waals surface area contributed by atoms with Gasteiger partial charge in [-0.15, -0.1) is 0 Å². The van der Waals surface area contributed by atoms with E-state index < -0.39 is 12.2 Å². The maximum atomic E-state index is 13.8. The van der Waals surface area contributed by atoms with Crippen LogP contribution in [0.3, 0.4) is 0 Å². The highest BCUT2D eigenvalue weighted by molar-refractivity contribution is 6.30. The molecule has 6 nitrogen and oxygen atoms in total. The lowest BCUT2D eigenvalue weighted by molar-refractivity contribution is -0.132. The Bertz CT molecular complexity index is 1530. The summed E-state index contributed by atoms with van der Waals surface area (Å²) in [6.45, 7) is 0.445. The second kappa shape index (κ2) is 10.9. The van der Waals surface area contributed by atoms with Crippen LogP contribution >= 0.6 is 11.6 Å². The summed E-state index contributed by atoms with van der Waals surface area (Å²) in [5, 5.41) is 5.43. The molecule has 0 radical (unpaired) electrons. The molecule has 1 aromatic heterocycles. The first kappa shape index (κ1) is 25.1. The third-order valence-corrected chi connectivity index (χ3v) is 7.64. The molecule has 0 fully saturated rings. The van der Waals surface area contributed by atoms with E-state index in [1.54, 1.807) is 15.8 Å². The number of amides is 1. The monoisotopic (exact) mass is 537 g/mol. The summed E-state index contributed by atoms with van der Waals surface area (Å²) in [7, 11) is 0. The molecule has 2 heterocycles. The van der Waals surface area contributed by atoms with Crippen molar-refractivity contribution >= 4 is 23.5 Å². The third-order valence-electron chi connectivity index (χ3n) is 7.39. The number of esters is 1. The molecular weight excluding hydrogens is 510 g/mol. The van der Waals surface area contributed by atoms with Gasteiger partial charge in [-0.1, -0.05) is 72.3 Å². The van der Waals surface area contributed by atoms with E-state index >= 15 is 0 Å². The molecule has 1 aliphatic carbocycles. The number of hydrogen-bond acceptors (Lipinski definition) is 4. The molecule has 196 valence electrons. The molecule has 4 aromatic rings. The van der Waals surface area contributed by atoms with Crippen LogP contribution in [0, 0.1) is 0 Å². The summed E-state index contributed by atoms with van der Waals surface area (Å²) < 4.78 is 7.90. The number of carbonyl (C=O) groups is 2. The van der Waals surface area contributed by atoms with Gasteiger partial charge in [0.05, 0.1) is 5.69 Å². The first-order valence-corrected chi connectivity index (χ1v) is 13.6. The Balaban J connectivity index is 1.32. The number of aromatic nitrogens is 2. The smallest absolute Gasteiger partial charge is 0.344 e. The van der Waals surface area contributed by atoms with E-state index in [1.165, 1.54) is 0 Å². The van der Waals surface area contributed by atoms with Crippen molar-refractivity contribution in [3.8, 4) is 16.9 Å². The minimum Gasteiger partial charge on any atom is -0.434 e. The van der Waals surface area contributed by atoms with E-state index in [0.717, 1.165) is 53.6 Å². The van der Waals surface area contributed by atoms with Crippen LogP contribution in [0.15, 0.2) is 102 Å². The van der Waals surface area contributed by atoms with Gasteiger partial charge in [-0.3, -0.25) is 9.69 Å². The molecule has 7 heteroatoms. The highest BCUT2D eigenvalue weighted by Crippen LogP contribution is 2.38. The van der Waals surface area contributed by atoms with Gasteiger partial charge in [-0.25, -0.2) is 9.48 Å². The Labute approximate surface area is 232 Å². The maximum Gasteiger partial charge on any atom is 0.344 e. The van der Waals surface area contributed by atoms with Gasteiger partial charge in [0.25, 0.3) is 5.91 Å². The molecule has 0 unspecified atom stereocenters. The number of halogens is 1. The van der Waals surface area contributed by atoms with Crippen LogP contribution < -0.4 is 0 Å². The molecule has 0 saturated heterocycles. The van der Waals surface area contributed by atoms with Crippen molar-refractivity contribution in [3.63, 3.8) is 0 Å². The van der Waals surface area contributed by atoms with Crippen LogP contribution in [-0.2, 0) is 16.0 Å². The van der Waals surface area contributed by atoms with E-state index in [2.05, 4.69) is 0 Å². The quantitative estimate of drug-likeness (QED) is 0.248.